The molecule has 0 unspecified atom stereocenters. The summed E-state index contributed by atoms with van der Waals surface area (Å²) in [6.07, 6.45) is 4.87. The van der Waals surface area contributed by atoms with Crippen LogP contribution in [0.3, 0.4) is 0 Å². The standard InChI is InChI=1S/C18H24N2O3/c21-12-16(19-17(22)13-6-2-1-3-7-13)18(23)20-10-14-8-4-5-9-15(14)11-20/h1-3,6-7,14-16,21H,4-5,8-12H2,(H,19,22)/t14-,15-,16+/m0/s1. The van der Waals surface area contributed by atoms with Gasteiger partial charge in [-0.25, -0.2) is 0 Å². The molecule has 2 fully saturated rings. The second-order valence-electron chi connectivity index (χ2n) is 6.62. The highest BCUT2D eigenvalue weighted by molar-refractivity contribution is 5.97. The molecule has 3 rings (SSSR count). The monoisotopic (exact) mass is 316 g/mol. The maximum absolute atomic E-state index is 12.6. The molecule has 1 saturated heterocycles. The number of aliphatic hydroxyl groups excluding tert-OH is 1. The van der Waals surface area contributed by atoms with Crippen LogP contribution in [0.15, 0.2) is 30.3 Å². The Morgan fingerprint density at radius 3 is 2.30 bits per heavy atom. The van der Waals surface area contributed by atoms with Gasteiger partial charge in [0.15, 0.2) is 0 Å². The maximum Gasteiger partial charge on any atom is 0.251 e. The predicted octanol–water partition coefficient (Wildman–Crippen LogP) is 1.43. The Morgan fingerprint density at radius 2 is 1.74 bits per heavy atom. The lowest BCUT2D eigenvalue weighted by molar-refractivity contribution is -0.133. The molecular formula is C18H24N2O3. The first-order valence-electron chi connectivity index (χ1n) is 8.44. The van der Waals surface area contributed by atoms with E-state index in [2.05, 4.69) is 5.32 Å². The van der Waals surface area contributed by atoms with E-state index in [0.29, 0.717) is 17.4 Å². The van der Waals surface area contributed by atoms with E-state index in [1.54, 1.807) is 24.3 Å². The van der Waals surface area contributed by atoms with Crippen molar-refractivity contribution in [3.05, 3.63) is 35.9 Å². The fourth-order valence-electron chi connectivity index (χ4n) is 3.82. The third-order valence-electron chi connectivity index (χ3n) is 5.11. The number of carbonyl (C=O) groups is 2. The highest BCUT2D eigenvalue weighted by Gasteiger charge is 2.38. The van der Waals surface area contributed by atoms with Crippen molar-refractivity contribution in [2.75, 3.05) is 19.7 Å². The zero-order valence-corrected chi connectivity index (χ0v) is 13.3. The van der Waals surface area contributed by atoms with Gasteiger partial charge in [0.25, 0.3) is 5.91 Å². The molecule has 0 aromatic heterocycles. The molecule has 1 aromatic rings. The lowest BCUT2D eigenvalue weighted by Crippen LogP contribution is -2.50. The summed E-state index contributed by atoms with van der Waals surface area (Å²) in [5.74, 6) is 0.703. The first-order valence-corrected chi connectivity index (χ1v) is 8.44. The van der Waals surface area contributed by atoms with Crippen LogP contribution in [0.2, 0.25) is 0 Å². The highest BCUT2D eigenvalue weighted by atomic mass is 16.3. The van der Waals surface area contributed by atoms with Gasteiger partial charge < -0.3 is 15.3 Å². The Bertz CT molecular complexity index is 547. The summed E-state index contributed by atoms with van der Waals surface area (Å²) in [6, 6.07) is 7.91. The van der Waals surface area contributed by atoms with Gasteiger partial charge in [-0.1, -0.05) is 31.0 Å². The number of hydrogen-bond donors (Lipinski definition) is 2. The van der Waals surface area contributed by atoms with E-state index in [0.717, 1.165) is 13.1 Å². The number of likely N-dealkylation sites (tertiary alicyclic amines) is 1. The van der Waals surface area contributed by atoms with Gasteiger partial charge in [-0.3, -0.25) is 9.59 Å². The molecule has 5 nitrogen and oxygen atoms in total. The molecule has 23 heavy (non-hydrogen) atoms. The molecule has 2 aliphatic rings. The van der Waals surface area contributed by atoms with Crippen LogP contribution in [0, 0.1) is 11.8 Å². The third kappa shape index (κ3) is 3.55. The average Bonchev–Trinajstić information content (AvgIpc) is 3.03. The molecule has 2 N–H and O–H groups in total. The van der Waals surface area contributed by atoms with Crippen LogP contribution in [0.25, 0.3) is 0 Å². The number of amides is 2. The van der Waals surface area contributed by atoms with Crippen molar-refractivity contribution in [1.82, 2.24) is 10.2 Å². The number of hydrogen-bond acceptors (Lipinski definition) is 3. The fraction of sp³-hybridized carbons (Fsp3) is 0.556. The van der Waals surface area contributed by atoms with Crippen LogP contribution in [0.5, 0.6) is 0 Å². The maximum atomic E-state index is 12.6. The zero-order valence-electron chi connectivity index (χ0n) is 13.3. The van der Waals surface area contributed by atoms with Crippen molar-refractivity contribution < 1.29 is 14.7 Å². The summed E-state index contributed by atoms with van der Waals surface area (Å²) < 4.78 is 0. The first kappa shape index (κ1) is 16.0. The second kappa shape index (κ2) is 7.13. The van der Waals surface area contributed by atoms with E-state index in [-0.39, 0.29) is 18.4 Å². The summed E-state index contributed by atoms with van der Waals surface area (Å²) in [7, 11) is 0. The van der Waals surface area contributed by atoms with Crippen molar-refractivity contribution in [1.29, 1.82) is 0 Å². The summed E-state index contributed by atoms with van der Waals surface area (Å²) in [5.41, 5.74) is 0.494. The minimum Gasteiger partial charge on any atom is -0.394 e. The Kier molecular flexibility index (Phi) is 4.96. The van der Waals surface area contributed by atoms with E-state index in [9.17, 15) is 14.7 Å². The number of carbonyl (C=O) groups excluding carboxylic acids is 2. The molecule has 1 heterocycles. The lowest BCUT2D eigenvalue weighted by atomic mass is 9.82. The van der Waals surface area contributed by atoms with Crippen molar-refractivity contribution in [2.24, 2.45) is 11.8 Å². The molecule has 2 amide bonds. The van der Waals surface area contributed by atoms with Crippen LogP contribution in [-0.2, 0) is 4.79 Å². The van der Waals surface area contributed by atoms with Crippen LogP contribution in [-0.4, -0.2) is 47.6 Å². The molecule has 1 saturated carbocycles. The van der Waals surface area contributed by atoms with Gasteiger partial charge in [-0.05, 0) is 36.8 Å². The summed E-state index contributed by atoms with van der Waals surface area (Å²) in [6.45, 7) is 1.16. The largest absolute Gasteiger partial charge is 0.394 e. The Balaban J connectivity index is 1.62. The predicted molar refractivity (Wildman–Crippen MR) is 86.8 cm³/mol. The van der Waals surface area contributed by atoms with Crippen LogP contribution < -0.4 is 5.32 Å². The van der Waals surface area contributed by atoms with E-state index >= 15 is 0 Å². The Hall–Kier alpha value is -1.88. The number of aliphatic hydroxyl groups is 1. The van der Waals surface area contributed by atoms with Crippen LogP contribution in [0.1, 0.15) is 36.0 Å². The number of nitrogens with one attached hydrogen (secondary N) is 1. The van der Waals surface area contributed by atoms with Crippen molar-refractivity contribution in [3.63, 3.8) is 0 Å². The minimum atomic E-state index is -0.858. The Morgan fingerprint density at radius 1 is 1.13 bits per heavy atom. The number of benzene rings is 1. The van der Waals surface area contributed by atoms with Gasteiger partial charge in [0.05, 0.1) is 6.61 Å². The Labute approximate surface area is 136 Å². The molecule has 3 atom stereocenters. The highest BCUT2D eigenvalue weighted by Crippen LogP contribution is 2.36. The molecular weight excluding hydrogens is 292 g/mol. The number of rotatable bonds is 4. The van der Waals surface area contributed by atoms with Crippen molar-refractivity contribution in [2.45, 2.75) is 31.7 Å². The molecule has 1 aliphatic carbocycles. The smallest absolute Gasteiger partial charge is 0.251 e. The second-order valence-corrected chi connectivity index (χ2v) is 6.62. The van der Waals surface area contributed by atoms with Gasteiger partial charge in [0.1, 0.15) is 6.04 Å². The normalized spacial score (nSPS) is 24.8. The van der Waals surface area contributed by atoms with Crippen LogP contribution in [0.4, 0.5) is 0 Å². The van der Waals surface area contributed by atoms with E-state index in [1.807, 2.05) is 11.0 Å². The van der Waals surface area contributed by atoms with Gasteiger partial charge in [-0.15, -0.1) is 0 Å². The quantitative estimate of drug-likeness (QED) is 0.883. The van der Waals surface area contributed by atoms with Gasteiger partial charge in [-0.2, -0.15) is 0 Å². The number of fused-ring (bicyclic) bond motifs is 1. The van der Waals surface area contributed by atoms with Crippen LogP contribution >= 0.6 is 0 Å². The summed E-state index contributed by atoms with van der Waals surface area (Å²) >= 11 is 0. The SMILES string of the molecule is O=C(N[C@H](CO)C(=O)N1C[C@@H]2CCCC[C@H]2C1)c1ccccc1. The molecule has 1 aliphatic heterocycles. The molecule has 0 spiro atoms. The van der Waals surface area contributed by atoms with Gasteiger partial charge >= 0.3 is 0 Å². The molecule has 1 aromatic carbocycles. The van der Waals surface area contributed by atoms with Crippen molar-refractivity contribution >= 4 is 11.8 Å². The van der Waals surface area contributed by atoms with E-state index < -0.39 is 6.04 Å². The molecule has 0 radical (unpaired) electrons. The number of nitrogens with zero attached hydrogens (tertiary/aromatic N) is 1. The summed E-state index contributed by atoms with van der Waals surface area (Å²) in [5, 5.41) is 12.2. The van der Waals surface area contributed by atoms with Gasteiger partial charge in [0.2, 0.25) is 5.91 Å². The minimum absolute atomic E-state index is 0.161. The fourth-order valence-corrected chi connectivity index (χ4v) is 3.82. The molecule has 5 heteroatoms. The van der Waals surface area contributed by atoms with Crippen molar-refractivity contribution in [3.8, 4) is 0 Å². The average molecular weight is 316 g/mol. The zero-order chi connectivity index (χ0) is 16.2. The van der Waals surface area contributed by atoms with E-state index in [1.165, 1.54) is 25.7 Å². The van der Waals surface area contributed by atoms with Gasteiger partial charge in [0, 0.05) is 18.7 Å². The summed E-state index contributed by atoms with van der Waals surface area (Å²) in [4.78, 5) is 26.7. The molecule has 124 valence electrons. The topological polar surface area (TPSA) is 69.6 Å². The molecule has 0 bridgehead atoms. The third-order valence-corrected chi connectivity index (χ3v) is 5.11. The van der Waals surface area contributed by atoms with E-state index in [4.69, 9.17) is 0 Å². The lowest BCUT2D eigenvalue weighted by Gasteiger charge is -2.23. The first-order chi connectivity index (χ1) is 11.2.